The molecule has 2 unspecified atom stereocenters. The zero-order valence-corrected chi connectivity index (χ0v) is 8.37. The Kier molecular flexibility index (Phi) is 1.65. The molecule has 76 valence electrons. The van der Waals surface area contributed by atoms with Crippen LogP contribution >= 0.6 is 0 Å². The fraction of sp³-hybridized carbons (Fsp3) is 0.833. The Bertz CT molecular complexity index is 281. The van der Waals surface area contributed by atoms with Crippen LogP contribution in [0.1, 0.15) is 38.5 Å². The number of Topliss-reactive ketones (excluding diaryl/α,β-unsaturated/α-hetero) is 1. The molecule has 0 aliphatic heterocycles. The van der Waals surface area contributed by atoms with E-state index < -0.39 is 0 Å². The summed E-state index contributed by atoms with van der Waals surface area (Å²) in [7, 11) is 0. The summed E-state index contributed by atoms with van der Waals surface area (Å²) < 4.78 is 0. The van der Waals surface area contributed by atoms with Crippen molar-refractivity contribution in [2.75, 3.05) is 0 Å². The van der Waals surface area contributed by atoms with Crippen molar-refractivity contribution in [2.24, 2.45) is 23.2 Å². The lowest BCUT2D eigenvalue weighted by atomic mass is 9.48. The lowest BCUT2D eigenvalue weighted by Crippen LogP contribution is -2.53. The average Bonchev–Trinajstić information content (AvgIpc) is 2.13. The van der Waals surface area contributed by atoms with Gasteiger partial charge in [-0.3, -0.25) is 4.79 Å². The first kappa shape index (κ1) is 8.63. The molecule has 0 aromatic carbocycles. The zero-order chi connectivity index (χ0) is 9.76. The lowest BCUT2D eigenvalue weighted by molar-refractivity contribution is -0.154. The highest BCUT2D eigenvalue weighted by molar-refractivity contribution is 5.90. The topological polar surface area (TPSA) is 34.1 Å². The van der Waals surface area contributed by atoms with Crippen molar-refractivity contribution >= 4 is 12.1 Å². The van der Waals surface area contributed by atoms with Gasteiger partial charge < -0.3 is 4.79 Å². The summed E-state index contributed by atoms with van der Waals surface area (Å²) >= 11 is 0. The minimum absolute atomic E-state index is 0.198. The van der Waals surface area contributed by atoms with Crippen molar-refractivity contribution in [1.82, 2.24) is 0 Å². The van der Waals surface area contributed by atoms with Gasteiger partial charge in [-0.05, 0) is 43.9 Å². The van der Waals surface area contributed by atoms with E-state index in [0.29, 0.717) is 18.1 Å². The fourth-order valence-electron chi connectivity index (χ4n) is 4.36. The Hall–Kier alpha value is -0.660. The molecule has 4 fully saturated rings. The molecule has 4 bridgehead atoms. The SMILES string of the molecule is O=CCC12CC3CC(CC(C3)C1=O)C2. The first-order valence-electron chi connectivity index (χ1n) is 5.71. The highest BCUT2D eigenvalue weighted by Crippen LogP contribution is 2.59. The van der Waals surface area contributed by atoms with Crippen LogP contribution < -0.4 is 0 Å². The minimum atomic E-state index is -0.198. The predicted molar refractivity (Wildman–Crippen MR) is 51.7 cm³/mol. The molecule has 4 saturated carbocycles. The number of ketones is 1. The molecule has 4 aliphatic rings. The monoisotopic (exact) mass is 192 g/mol. The van der Waals surface area contributed by atoms with Crippen LogP contribution in [0.3, 0.4) is 0 Å². The Morgan fingerprint density at radius 2 is 1.86 bits per heavy atom. The predicted octanol–water partition coefficient (Wildman–Crippen LogP) is 1.97. The van der Waals surface area contributed by atoms with E-state index in [0.717, 1.165) is 43.8 Å². The van der Waals surface area contributed by atoms with Crippen molar-refractivity contribution in [3.05, 3.63) is 0 Å². The molecular formula is C12H16O2. The number of carbonyl (C=O) groups excluding carboxylic acids is 2. The van der Waals surface area contributed by atoms with Gasteiger partial charge in [0.15, 0.2) is 0 Å². The molecule has 0 saturated heterocycles. The van der Waals surface area contributed by atoms with Gasteiger partial charge in [-0.15, -0.1) is 0 Å². The summed E-state index contributed by atoms with van der Waals surface area (Å²) in [5, 5.41) is 0. The quantitative estimate of drug-likeness (QED) is 0.627. The smallest absolute Gasteiger partial charge is 0.142 e. The summed E-state index contributed by atoms with van der Waals surface area (Å²) in [4.78, 5) is 22.8. The Morgan fingerprint density at radius 1 is 1.21 bits per heavy atom. The third-order valence-corrected chi connectivity index (χ3v) is 4.63. The molecule has 0 aromatic rings. The highest BCUT2D eigenvalue weighted by atomic mass is 16.1. The second-order valence-electron chi connectivity index (χ2n) is 5.56. The zero-order valence-electron chi connectivity index (χ0n) is 8.37. The van der Waals surface area contributed by atoms with Crippen LogP contribution in [0.2, 0.25) is 0 Å². The molecule has 4 rings (SSSR count). The van der Waals surface area contributed by atoms with E-state index in [-0.39, 0.29) is 5.41 Å². The van der Waals surface area contributed by atoms with Gasteiger partial charge in [0.05, 0.1) is 0 Å². The molecule has 0 aromatic heterocycles. The molecular weight excluding hydrogens is 176 g/mol. The van der Waals surface area contributed by atoms with Crippen LogP contribution in [0.5, 0.6) is 0 Å². The maximum atomic E-state index is 12.1. The highest BCUT2D eigenvalue weighted by Gasteiger charge is 2.56. The van der Waals surface area contributed by atoms with Crippen LogP contribution in [0.15, 0.2) is 0 Å². The second-order valence-corrected chi connectivity index (χ2v) is 5.56. The van der Waals surface area contributed by atoms with E-state index in [1.807, 2.05) is 0 Å². The van der Waals surface area contributed by atoms with Crippen molar-refractivity contribution in [3.63, 3.8) is 0 Å². The first-order valence-corrected chi connectivity index (χ1v) is 5.71. The maximum Gasteiger partial charge on any atom is 0.142 e. The summed E-state index contributed by atoms with van der Waals surface area (Å²) in [5.41, 5.74) is -0.198. The van der Waals surface area contributed by atoms with E-state index in [1.54, 1.807) is 0 Å². The van der Waals surface area contributed by atoms with E-state index >= 15 is 0 Å². The van der Waals surface area contributed by atoms with Crippen molar-refractivity contribution < 1.29 is 9.59 Å². The van der Waals surface area contributed by atoms with Crippen molar-refractivity contribution in [3.8, 4) is 0 Å². The van der Waals surface area contributed by atoms with Crippen molar-refractivity contribution in [2.45, 2.75) is 38.5 Å². The van der Waals surface area contributed by atoms with Crippen LogP contribution in [-0.4, -0.2) is 12.1 Å². The Labute approximate surface area is 84.1 Å². The molecule has 0 radical (unpaired) electrons. The van der Waals surface area contributed by atoms with E-state index in [4.69, 9.17) is 0 Å². The van der Waals surface area contributed by atoms with Gasteiger partial charge in [0, 0.05) is 17.8 Å². The molecule has 2 nitrogen and oxygen atoms in total. The number of hydrogen-bond donors (Lipinski definition) is 0. The fourth-order valence-corrected chi connectivity index (χ4v) is 4.36. The molecule has 2 heteroatoms. The van der Waals surface area contributed by atoms with Crippen LogP contribution in [0.4, 0.5) is 0 Å². The van der Waals surface area contributed by atoms with Gasteiger partial charge in [0.25, 0.3) is 0 Å². The number of rotatable bonds is 2. The minimum Gasteiger partial charge on any atom is -0.303 e. The summed E-state index contributed by atoms with van der Waals surface area (Å²) in [5.74, 6) is 2.26. The number of carbonyl (C=O) groups is 2. The largest absolute Gasteiger partial charge is 0.303 e. The van der Waals surface area contributed by atoms with Gasteiger partial charge in [0.2, 0.25) is 0 Å². The van der Waals surface area contributed by atoms with Crippen LogP contribution in [-0.2, 0) is 9.59 Å². The maximum absolute atomic E-state index is 12.1. The average molecular weight is 192 g/mol. The number of aldehydes is 1. The summed E-state index contributed by atoms with van der Waals surface area (Å²) in [6.45, 7) is 0. The normalized spacial score (nSPS) is 49.7. The molecule has 0 amide bonds. The molecule has 14 heavy (non-hydrogen) atoms. The van der Waals surface area contributed by atoms with Gasteiger partial charge in [-0.25, -0.2) is 0 Å². The Morgan fingerprint density at radius 3 is 2.43 bits per heavy atom. The van der Waals surface area contributed by atoms with E-state index in [9.17, 15) is 9.59 Å². The molecule has 0 heterocycles. The second kappa shape index (κ2) is 2.68. The van der Waals surface area contributed by atoms with Crippen LogP contribution in [0.25, 0.3) is 0 Å². The lowest BCUT2D eigenvalue weighted by Gasteiger charge is -2.54. The standard InChI is InChI=1S/C12H16O2/c13-2-1-12-6-8-3-9(7-12)5-10(4-8)11(12)14/h2,8-10H,1,3-7H2. The summed E-state index contributed by atoms with van der Waals surface area (Å²) in [6, 6.07) is 0. The van der Waals surface area contributed by atoms with Crippen molar-refractivity contribution in [1.29, 1.82) is 0 Å². The molecule has 2 atom stereocenters. The first-order chi connectivity index (χ1) is 6.73. The number of hydrogen-bond acceptors (Lipinski definition) is 2. The third kappa shape index (κ3) is 0.971. The third-order valence-electron chi connectivity index (χ3n) is 4.63. The van der Waals surface area contributed by atoms with Crippen LogP contribution in [0, 0.1) is 23.2 Å². The molecule has 0 N–H and O–H groups in total. The molecule has 4 aliphatic carbocycles. The summed E-state index contributed by atoms with van der Waals surface area (Å²) in [6.07, 6.45) is 7.05. The Balaban J connectivity index is 1.97. The van der Waals surface area contributed by atoms with E-state index in [2.05, 4.69) is 0 Å². The van der Waals surface area contributed by atoms with Gasteiger partial charge in [0.1, 0.15) is 12.1 Å². The van der Waals surface area contributed by atoms with Gasteiger partial charge >= 0.3 is 0 Å². The van der Waals surface area contributed by atoms with E-state index in [1.165, 1.54) is 6.42 Å². The molecule has 0 spiro atoms. The van der Waals surface area contributed by atoms with Gasteiger partial charge in [-0.1, -0.05) is 0 Å². The van der Waals surface area contributed by atoms with Gasteiger partial charge in [-0.2, -0.15) is 0 Å².